The molecule has 216 valence electrons. The molecule has 0 amide bonds. The first-order chi connectivity index (χ1) is 18.2. The van der Waals surface area contributed by atoms with Crippen LogP contribution in [0.2, 0.25) is 45.8 Å². The lowest BCUT2D eigenvalue weighted by Crippen LogP contribution is -2.55. The van der Waals surface area contributed by atoms with Crippen molar-refractivity contribution in [3.8, 4) is 0 Å². The summed E-state index contributed by atoms with van der Waals surface area (Å²) in [6.45, 7) is 12.1. The van der Waals surface area contributed by atoms with Crippen LogP contribution in [0.5, 0.6) is 0 Å². The Morgan fingerprint density at radius 2 is 0.925 bits per heavy atom. The van der Waals surface area contributed by atoms with Crippen molar-refractivity contribution in [1.82, 2.24) is 0 Å². The summed E-state index contributed by atoms with van der Waals surface area (Å²) >= 11 is 0. The molecule has 1 unspecified atom stereocenters. The molecule has 33 heteroatoms. The molecule has 0 N–H and O–H groups in total. The van der Waals surface area contributed by atoms with Crippen molar-refractivity contribution in [1.29, 1.82) is 0 Å². The second kappa shape index (κ2) is 19.5. The summed E-state index contributed by atoms with van der Waals surface area (Å²) in [5.41, 5.74) is 0. The average Bonchev–Trinajstić information content (AvgIpc) is 2.86. The molecule has 0 aromatic heterocycles. The van der Waals surface area contributed by atoms with E-state index < -0.39 is 131 Å². The molecule has 0 saturated carbocycles. The molecule has 0 aliphatic rings. The Hall–Kier alpha value is 1.13. The lowest BCUT2D eigenvalue weighted by atomic mass is 11.9. The fourth-order valence-electron chi connectivity index (χ4n) is 2.18. The second-order valence-electron chi connectivity index (χ2n) is 8.40. The van der Waals surface area contributed by atoms with Crippen LogP contribution in [-0.4, -0.2) is 141 Å². The fraction of sp³-hybridized carbons (Fsp3) is 1.00. The highest BCUT2D eigenvalue weighted by Gasteiger charge is 2.53. The molecule has 0 bridgehead atoms. The summed E-state index contributed by atoms with van der Waals surface area (Å²) in [4.78, 5) is 0. The van der Waals surface area contributed by atoms with E-state index in [0.717, 1.165) is 0 Å². The SMILES string of the molecule is C[SiH](C)O[Si]O[SiH](C)O[Si][Si](=O)[Si](=O)[Si](=O)[Si](=O)[Si](=O)[Si](=O)[Si](=O)[Si](=O)[Si](=O)[Si](=O)[Si](=O)O[Si](C)(C)O[SiH](C)C. The molecule has 1 atom stereocenters. The zero-order valence-electron chi connectivity index (χ0n) is 22.3. The van der Waals surface area contributed by atoms with Gasteiger partial charge in [-0.1, -0.05) is 0 Å². The molecule has 16 nitrogen and oxygen atoms in total. The maximum Gasteiger partial charge on any atom is 0.533 e. The molecule has 0 spiro atoms. The Morgan fingerprint density at radius 3 is 1.32 bits per heavy atom. The van der Waals surface area contributed by atoms with Gasteiger partial charge >= 0.3 is 104 Å². The lowest BCUT2D eigenvalue weighted by molar-refractivity contribution is 0.384. The van der Waals surface area contributed by atoms with Crippen LogP contribution in [-0.2, 0) is 69.7 Å². The molecule has 0 aliphatic heterocycles. The van der Waals surface area contributed by atoms with Crippen molar-refractivity contribution in [2.45, 2.75) is 45.8 Å². The van der Waals surface area contributed by atoms with E-state index in [-0.39, 0.29) is 10.0 Å². The minimum atomic E-state index is -4.01. The standard InChI is InChI=1S/C7H24O16Si17/c1-26(2)19-24-20-28(5)21-25-30(9)32(11)34(13)36(15)38(17)39(18)37(16)35(14)33(12)31(10)29(8)23-40(6,7)22-27(3)4/h26-28H,1-7H3. The quantitative estimate of drug-likeness (QED) is 0.0987. The second-order valence-corrected chi connectivity index (χ2v) is 72.7. The molecule has 0 rings (SSSR count). The molecule has 4 radical (unpaired) electrons. The minimum absolute atomic E-state index is 0.278. The van der Waals surface area contributed by atoms with Crippen LogP contribution in [0.25, 0.3) is 0 Å². The van der Waals surface area contributed by atoms with Crippen molar-refractivity contribution in [2.24, 2.45) is 0 Å². The van der Waals surface area contributed by atoms with Gasteiger partial charge in [0.05, 0.1) is 0 Å². The van der Waals surface area contributed by atoms with Gasteiger partial charge in [-0.05, 0) is 45.8 Å². The topological polar surface area (TPSA) is 234 Å². The molecule has 0 aliphatic carbocycles. The zero-order valence-corrected chi connectivity index (χ0v) is 39.7. The fourth-order valence-corrected chi connectivity index (χ4v) is 127. The first-order valence-corrected chi connectivity index (χ1v) is 49.6. The Labute approximate surface area is 254 Å². The summed E-state index contributed by atoms with van der Waals surface area (Å²) < 4.78 is 163. The first-order valence-electron chi connectivity index (χ1n) is 11.0. The lowest BCUT2D eigenvalue weighted by Gasteiger charge is -2.24. The third-order valence-electron chi connectivity index (χ3n) is 3.71. The van der Waals surface area contributed by atoms with E-state index in [0.29, 0.717) is 0 Å². The van der Waals surface area contributed by atoms with Gasteiger partial charge in [-0.3, -0.25) is 0 Å². The molecular weight excluding hydrogens is 818 g/mol. The summed E-state index contributed by atoms with van der Waals surface area (Å²) in [5.74, 6) is 0. The van der Waals surface area contributed by atoms with Gasteiger partial charge in [-0.2, -0.15) is 0 Å². The van der Waals surface area contributed by atoms with Gasteiger partial charge in [0.2, 0.25) is 0 Å². The summed E-state index contributed by atoms with van der Waals surface area (Å²) in [5, 5.41) is 0. The highest BCUT2D eigenvalue weighted by Crippen LogP contribution is 2.08. The largest absolute Gasteiger partial charge is 0.558 e. The van der Waals surface area contributed by atoms with E-state index in [1.165, 1.54) is 13.1 Å². The van der Waals surface area contributed by atoms with Gasteiger partial charge in [-0.25, -0.2) is 0 Å². The van der Waals surface area contributed by atoms with Gasteiger partial charge in [0.25, 0.3) is 18.6 Å². The van der Waals surface area contributed by atoms with Crippen LogP contribution in [0.15, 0.2) is 0 Å². The maximum absolute atomic E-state index is 12.5. The predicted octanol–water partition coefficient (Wildman–Crippen LogP) is -4.84. The van der Waals surface area contributed by atoms with E-state index >= 15 is 0 Å². The Balaban J connectivity index is 5.18. The van der Waals surface area contributed by atoms with Crippen LogP contribution in [0.3, 0.4) is 0 Å². The summed E-state index contributed by atoms with van der Waals surface area (Å²) in [6, 6.07) is 0. The highest BCUT2D eigenvalue weighted by atomic mass is 30.1. The van der Waals surface area contributed by atoms with Gasteiger partial charge in [0.15, 0.2) is 18.1 Å². The monoisotopic (exact) mass is 840 g/mol. The third kappa shape index (κ3) is 14.7. The van der Waals surface area contributed by atoms with Gasteiger partial charge in [-0.15, -0.1) is 0 Å². The Bertz CT molecular complexity index is 1140. The van der Waals surface area contributed by atoms with Crippen molar-refractivity contribution < 1.29 is 69.7 Å². The van der Waals surface area contributed by atoms with Crippen LogP contribution < -0.4 is 0 Å². The van der Waals surface area contributed by atoms with Crippen LogP contribution in [0.1, 0.15) is 0 Å². The summed E-state index contributed by atoms with van der Waals surface area (Å²) in [7, 11) is -50.9. The molecule has 0 aromatic rings. The van der Waals surface area contributed by atoms with Gasteiger partial charge in [0, 0.05) is 0 Å². The van der Waals surface area contributed by atoms with Crippen molar-refractivity contribution in [3.63, 3.8) is 0 Å². The highest BCUT2D eigenvalue weighted by molar-refractivity contribution is 7.78. The number of hydrogen-bond donors (Lipinski definition) is 0. The molecule has 0 aromatic carbocycles. The van der Waals surface area contributed by atoms with E-state index in [4.69, 9.17) is 20.6 Å². The normalized spacial score (nSPS) is 11.9. The molecule has 0 saturated heterocycles. The molecular formula is C7H24O16Si17. The van der Waals surface area contributed by atoms with E-state index in [1.54, 1.807) is 19.6 Å². The Morgan fingerprint density at radius 1 is 0.525 bits per heavy atom. The molecule has 40 heavy (non-hydrogen) atoms. The third-order valence-corrected chi connectivity index (χ3v) is 95.2. The van der Waals surface area contributed by atoms with Crippen molar-refractivity contribution >= 4 is 141 Å². The summed E-state index contributed by atoms with van der Waals surface area (Å²) in [6.07, 6.45) is 0. The number of rotatable bonds is 21. The van der Waals surface area contributed by atoms with Gasteiger partial charge in [0.1, 0.15) is 0 Å². The van der Waals surface area contributed by atoms with E-state index in [1.807, 2.05) is 13.1 Å². The average molecular weight is 842 g/mol. The van der Waals surface area contributed by atoms with Crippen LogP contribution in [0.4, 0.5) is 0 Å². The maximum atomic E-state index is 12.5. The predicted molar refractivity (Wildman–Crippen MR) is 156 cm³/mol. The Kier molecular flexibility index (Phi) is 20.0. The smallest absolute Gasteiger partial charge is 0.533 e. The van der Waals surface area contributed by atoms with Crippen LogP contribution in [0, 0.1) is 0 Å². The first kappa shape index (κ1) is 41.1. The molecule has 0 fully saturated rings. The van der Waals surface area contributed by atoms with E-state index in [2.05, 4.69) is 0 Å². The van der Waals surface area contributed by atoms with E-state index in [9.17, 15) is 49.1 Å². The van der Waals surface area contributed by atoms with Crippen LogP contribution >= 0.6 is 0 Å². The minimum Gasteiger partial charge on any atom is -0.558 e. The molecule has 0 heterocycles. The number of hydrogen-bond acceptors (Lipinski definition) is 16. The van der Waals surface area contributed by atoms with Crippen molar-refractivity contribution in [2.75, 3.05) is 0 Å². The van der Waals surface area contributed by atoms with Crippen molar-refractivity contribution in [3.05, 3.63) is 0 Å². The van der Waals surface area contributed by atoms with Gasteiger partial charge < -0.3 is 69.7 Å². The zero-order chi connectivity index (χ0) is 31.5.